The maximum atomic E-state index is 12.5. The molecule has 0 radical (unpaired) electrons. The smallest absolute Gasteiger partial charge is 0.227 e. The molecule has 7 heteroatoms. The van der Waals surface area contributed by atoms with Gasteiger partial charge in [-0.05, 0) is 37.4 Å². The number of hydrogen-bond acceptors (Lipinski definition) is 5. The zero-order valence-electron chi connectivity index (χ0n) is 16.3. The number of halogens is 1. The Bertz CT molecular complexity index is 807. The Morgan fingerprint density at radius 3 is 2.54 bits per heavy atom. The minimum atomic E-state index is -0.118. The quantitative estimate of drug-likeness (QED) is 0.766. The Morgan fingerprint density at radius 2 is 1.82 bits per heavy atom. The lowest BCUT2D eigenvalue weighted by atomic mass is 10.2. The molecular weight excluding hydrogens is 378 g/mol. The molecule has 6 nitrogen and oxygen atoms in total. The lowest BCUT2D eigenvalue weighted by Crippen LogP contribution is -2.44. The summed E-state index contributed by atoms with van der Waals surface area (Å²) in [7, 11) is 3.71. The number of likely N-dealkylation sites (N-methyl/N-ethyl adjacent to an activating group) is 1. The van der Waals surface area contributed by atoms with Crippen molar-refractivity contribution in [1.29, 1.82) is 0 Å². The van der Waals surface area contributed by atoms with Gasteiger partial charge in [-0.25, -0.2) is 0 Å². The summed E-state index contributed by atoms with van der Waals surface area (Å²) in [5.74, 6) is 1.15. The fraction of sp³-hybridized carbons (Fsp3) is 0.381. The van der Waals surface area contributed by atoms with Gasteiger partial charge in [0, 0.05) is 31.2 Å². The second-order valence-corrected chi connectivity index (χ2v) is 7.19. The highest BCUT2D eigenvalue weighted by Crippen LogP contribution is 2.30. The molecule has 2 aromatic rings. The summed E-state index contributed by atoms with van der Waals surface area (Å²) in [6.45, 7) is 4.07. The van der Waals surface area contributed by atoms with E-state index in [1.165, 1.54) is 0 Å². The lowest BCUT2D eigenvalue weighted by Gasteiger charge is -2.35. The number of amides is 1. The van der Waals surface area contributed by atoms with E-state index in [-0.39, 0.29) is 18.9 Å². The van der Waals surface area contributed by atoms with E-state index in [0.29, 0.717) is 16.5 Å². The summed E-state index contributed by atoms with van der Waals surface area (Å²) in [6, 6.07) is 13.0. The predicted molar refractivity (Wildman–Crippen MR) is 113 cm³/mol. The van der Waals surface area contributed by atoms with Gasteiger partial charge in [-0.15, -0.1) is 0 Å². The SMILES string of the molecule is COc1ccccc1OCCC(=O)Nc1cc(Cl)ccc1N1CCN(C)CC1. The third-order valence-electron chi connectivity index (χ3n) is 4.73. The zero-order chi connectivity index (χ0) is 19.9. The molecule has 1 amide bonds. The number of hydrogen-bond donors (Lipinski definition) is 1. The van der Waals surface area contributed by atoms with Gasteiger partial charge in [-0.3, -0.25) is 4.79 Å². The molecule has 0 spiro atoms. The molecule has 0 aromatic heterocycles. The number of piperazine rings is 1. The molecular formula is C21H26ClN3O3. The van der Waals surface area contributed by atoms with Crippen molar-refractivity contribution < 1.29 is 14.3 Å². The second kappa shape index (κ2) is 9.66. The van der Waals surface area contributed by atoms with Crippen molar-refractivity contribution in [3.8, 4) is 11.5 Å². The molecule has 0 aliphatic carbocycles. The fourth-order valence-electron chi connectivity index (χ4n) is 3.14. The number of nitrogens with zero attached hydrogens (tertiary/aromatic N) is 2. The number of ether oxygens (including phenoxy) is 2. The van der Waals surface area contributed by atoms with Crippen LogP contribution in [0, 0.1) is 0 Å². The van der Waals surface area contributed by atoms with E-state index < -0.39 is 0 Å². The predicted octanol–water partition coefficient (Wildman–Crippen LogP) is 3.51. The average molecular weight is 404 g/mol. The summed E-state index contributed by atoms with van der Waals surface area (Å²) in [5, 5.41) is 3.58. The van der Waals surface area contributed by atoms with E-state index in [0.717, 1.165) is 37.6 Å². The minimum Gasteiger partial charge on any atom is -0.493 e. The van der Waals surface area contributed by atoms with Crippen molar-refractivity contribution >= 4 is 28.9 Å². The van der Waals surface area contributed by atoms with Crippen LogP contribution in [0.25, 0.3) is 0 Å². The molecule has 0 atom stereocenters. The summed E-state index contributed by atoms with van der Waals surface area (Å²) in [5.41, 5.74) is 1.73. The van der Waals surface area contributed by atoms with Gasteiger partial charge in [0.05, 0.1) is 31.5 Å². The number of nitrogens with one attached hydrogen (secondary N) is 1. The molecule has 3 rings (SSSR count). The van der Waals surface area contributed by atoms with Crippen molar-refractivity contribution in [2.45, 2.75) is 6.42 Å². The highest BCUT2D eigenvalue weighted by molar-refractivity contribution is 6.31. The Balaban J connectivity index is 1.59. The van der Waals surface area contributed by atoms with Crippen molar-refractivity contribution in [2.24, 2.45) is 0 Å². The molecule has 1 saturated heterocycles. The first-order valence-electron chi connectivity index (χ1n) is 9.35. The molecule has 1 heterocycles. The number of benzene rings is 2. The van der Waals surface area contributed by atoms with Crippen LogP contribution in [0.1, 0.15) is 6.42 Å². The monoisotopic (exact) mass is 403 g/mol. The average Bonchev–Trinajstić information content (AvgIpc) is 2.69. The molecule has 1 aliphatic rings. The molecule has 1 N–H and O–H groups in total. The van der Waals surface area contributed by atoms with Gasteiger partial charge in [-0.1, -0.05) is 23.7 Å². The van der Waals surface area contributed by atoms with Crippen LogP contribution in [0.3, 0.4) is 0 Å². The normalized spacial score (nSPS) is 14.6. The van der Waals surface area contributed by atoms with E-state index in [9.17, 15) is 4.79 Å². The number of anilines is 2. The maximum absolute atomic E-state index is 12.5. The van der Waals surface area contributed by atoms with E-state index in [2.05, 4.69) is 22.2 Å². The topological polar surface area (TPSA) is 54.0 Å². The Labute approximate surface area is 171 Å². The molecule has 28 heavy (non-hydrogen) atoms. The third kappa shape index (κ3) is 5.30. The van der Waals surface area contributed by atoms with Crippen LogP contribution in [0.15, 0.2) is 42.5 Å². The van der Waals surface area contributed by atoms with Crippen LogP contribution in [0.2, 0.25) is 5.02 Å². The first-order chi connectivity index (χ1) is 13.6. The number of rotatable bonds is 7. The van der Waals surface area contributed by atoms with Crippen molar-refractivity contribution in [3.63, 3.8) is 0 Å². The minimum absolute atomic E-state index is 0.118. The number of carbonyl (C=O) groups excluding carboxylic acids is 1. The van der Waals surface area contributed by atoms with E-state index in [1.807, 2.05) is 36.4 Å². The van der Waals surface area contributed by atoms with Crippen LogP contribution >= 0.6 is 11.6 Å². The van der Waals surface area contributed by atoms with Crippen LogP contribution in [0.4, 0.5) is 11.4 Å². The molecule has 1 fully saturated rings. The van der Waals surface area contributed by atoms with Crippen molar-refractivity contribution in [3.05, 3.63) is 47.5 Å². The number of carbonyl (C=O) groups is 1. The Hall–Kier alpha value is -2.44. The van der Waals surface area contributed by atoms with Crippen LogP contribution in [0.5, 0.6) is 11.5 Å². The molecule has 1 aliphatic heterocycles. The van der Waals surface area contributed by atoms with Gasteiger partial charge in [0.1, 0.15) is 0 Å². The fourth-order valence-corrected chi connectivity index (χ4v) is 3.31. The Kier molecular flexibility index (Phi) is 7.01. The molecule has 2 aromatic carbocycles. The van der Waals surface area contributed by atoms with Crippen LogP contribution < -0.4 is 19.7 Å². The van der Waals surface area contributed by atoms with Crippen molar-refractivity contribution in [2.75, 3.05) is 57.2 Å². The van der Waals surface area contributed by atoms with E-state index in [1.54, 1.807) is 13.2 Å². The van der Waals surface area contributed by atoms with Gasteiger partial charge in [0.15, 0.2) is 11.5 Å². The summed E-state index contributed by atoms with van der Waals surface area (Å²) in [6.07, 6.45) is 0.229. The maximum Gasteiger partial charge on any atom is 0.227 e. The van der Waals surface area contributed by atoms with Crippen molar-refractivity contribution in [1.82, 2.24) is 4.90 Å². The van der Waals surface area contributed by atoms with E-state index in [4.69, 9.17) is 21.1 Å². The molecule has 0 unspecified atom stereocenters. The molecule has 150 valence electrons. The van der Waals surface area contributed by atoms with Gasteiger partial charge in [0.25, 0.3) is 0 Å². The lowest BCUT2D eigenvalue weighted by molar-refractivity contribution is -0.116. The first-order valence-corrected chi connectivity index (χ1v) is 9.73. The highest BCUT2D eigenvalue weighted by Gasteiger charge is 2.18. The number of para-hydroxylation sites is 2. The summed E-state index contributed by atoms with van der Waals surface area (Å²) < 4.78 is 10.9. The van der Waals surface area contributed by atoms with Crippen LogP contribution in [-0.2, 0) is 4.79 Å². The van der Waals surface area contributed by atoms with E-state index >= 15 is 0 Å². The second-order valence-electron chi connectivity index (χ2n) is 6.75. The third-order valence-corrected chi connectivity index (χ3v) is 4.97. The summed E-state index contributed by atoms with van der Waals surface area (Å²) >= 11 is 6.16. The van der Waals surface area contributed by atoms with Gasteiger partial charge < -0.3 is 24.6 Å². The highest BCUT2D eigenvalue weighted by atomic mass is 35.5. The Morgan fingerprint density at radius 1 is 1.11 bits per heavy atom. The van der Waals surface area contributed by atoms with Crippen LogP contribution in [-0.4, -0.2) is 57.8 Å². The van der Waals surface area contributed by atoms with Gasteiger partial charge in [-0.2, -0.15) is 0 Å². The van der Waals surface area contributed by atoms with Gasteiger partial charge >= 0.3 is 0 Å². The number of methoxy groups -OCH3 is 1. The largest absolute Gasteiger partial charge is 0.493 e. The summed E-state index contributed by atoms with van der Waals surface area (Å²) in [4.78, 5) is 17.0. The standard InChI is InChI=1S/C21H26ClN3O3/c1-24-10-12-25(13-11-24)18-8-7-16(22)15-17(18)23-21(26)9-14-28-20-6-4-3-5-19(20)27-2/h3-8,15H,9-14H2,1-2H3,(H,23,26). The zero-order valence-corrected chi connectivity index (χ0v) is 17.0. The van der Waals surface area contributed by atoms with Gasteiger partial charge in [0.2, 0.25) is 5.91 Å². The first kappa shape index (κ1) is 20.3. The molecule has 0 saturated carbocycles. The molecule has 0 bridgehead atoms.